The Morgan fingerprint density at radius 1 is 1.28 bits per heavy atom. The number of carbonyl (C=O) groups excluding carboxylic acids is 1. The van der Waals surface area contributed by atoms with E-state index in [9.17, 15) is 4.79 Å². The molecule has 6 nitrogen and oxygen atoms in total. The number of likely N-dealkylation sites (tertiary alicyclic amines) is 1. The highest BCUT2D eigenvalue weighted by molar-refractivity contribution is 6.30. The Hall–Kier alpha value is -1.63. The molecule has 25 heavy (non-hydrogen) atoms. The summed E-state index contributed by atoms with van der Waals surface area (Å²) >= 11 is 6.02. The minimum absolute atomic E-state index is 0.00852. The van der Waals surface area contributed by atoms with Crippen molar-refractivity contribution in [2.24, 2.45) is 5.41 Å². The SMILES string of the molecule is CN1CCOC[C@@]2(CCCN(C(=O)c3cn4cc(Cl)ccc4n3)C2)C1. The van der Waals surface area contributed by atoms with E-state index in [1.54, 1.807) is 22.9 Å². The number of aromatic nitrogens is 2. The van der Waals surface area contributed by atoms with Crippen molar-refractivity contribution in [3.63, 3.8) is 0 Å². The molecule has 2 fully saturated rings. The van der Waals surface area contributed by atoms with Gasteiger partial charge in [0.2, 0.25) is 0 Å². The summed E-state index contributed by atoms with van der Waals surface area (Å²) in [5, 5.41) is 0.625. The van der Waals surface area contributed by atoms with Crippen molar-refractivity contribution in [2.45, 2.75) is 12.8 Å². The van der Waals surface area contributed by atoms with Crippen LogP contribution in [0.4, 0.5) is 0 Å². The predicted molar refractivity (Wildman–Crippen MR) is 96.1 cm³/mol. The molecule has 0 N–H and O–H groups in total. The molecule has 1 spiro atoms. The maximum Gasteiger partial charge on any atom is 0.274 e. The Balaban J connectivity index is 1.56. The molecule has 4 heterocycles. The number of hydrogen-bond donors (Lipinski definition) is 0. The van der Waals surface area contributed by atoms with Crippen LogP contribution in [0, 0.1) is 5.41 Å². The molecule has 0 radical (unpaired) electrons. The van der Waals surface area contributed by atoms with Crippen molar-refractivity contribution in [2.75, 3.05) is 46.4 Å². The van der Waals surface area contributed by atoms with E-state index in [1.807, 2.05) is 11.0 Å². The average molecular weight is 363 g/mol. The number of amides is 1. The molecule has 4 rings (SSSR count). The molecule has 7 heteroatoms. The second-order valence-electron chi connectivity index (χ2n) is 7.36. The molecule has 0 bridgehead atoms. The second-order valence-corrected chi connectivity index (χ2v) is 7.80. The van der Waals surface area contributed by atoms with Gasteiger partial charge in [0.05, 0.1) is 18.2 Å². The van der Waals surface area contributed by atoms with Gasteiger partial charge in [0.15, 0.2) is 0 Å². The Kier molecular flexibility index (Phi) is 4.43. The highest BCUT2D eigenvalue weighted by Gasteiger charge is 2.40. The number of pyridine rings is 1. The molecule has 0 aliphatic carbocycles. The zero-order valence-electron chi connectivity index (χ0n) is 14.4. The normalized spacial score (nSPS) is 25.4. The Labute approximate surface area is 152 Å². The van der Waals surface area contributed by atoms with E-state index in [-0.39, 0.29) is 11.3 Å². The zero-order valence-corrected chi connectivity index (χ0v) is 15.2. The molecular formula is C18H23ClN4O2. The molecule has 134 valence electrons. The van der Waals surface area contributed by atoms with Crippen LogP contribution in [0.2, 0.25) is 5.02 Å². The smallest absolute Gasteiger partial charge is 0.274 e. The predicted octanol–water partition coefficient (Wildman–Crippen LogP) is 2.17. The van der Waals surface area contributed by atoms with E-state index in [0.717, 1.165) is 57.9 Å². The summed E-state index contributed by atoms with van der Waals surface area (Å²) in [6.45, 7) is 4.91. The highest BCUT2D eigenvalue weighted by atomic mass is 35.5. The van der Waals surface area contributed by atoms with E-state index >= 15 is 0 Å². The maximum atomic E-state index is 13.0. The molecule has 1 amide bonds. The lowest BCUT2D eigenvalue weighted by molar-refractivity contribution is 0.00839. The lowest BCUT2D eigenvalue weighted by Crippen LogP contribution is -2.51. The minimum Gasteiger partial charge on any atom is -0.379 e. The Morgan fingerprint density at radius 2 is 2.16 bits per heavy atom. The fourth-order valence-corrected chi connectivity index (χ4v) is 4.23. The van der Waals surface area contributed by atoms with Crippen LogP contribution in [0.1, 0.15) is 23.3 Å². The monoisotopic (exact) mass is 362 g/mol. The van der Waals surface area contributed by atoms with Crippen LogP contribution in [0.25, 0.3) is 5.65 Å². The largest absolute Gasteiger partial charge is 0.379 e. The van der Waals surface area contributed by atoms with Gasteiger partial charge in [-0.25, -0.2) is 4.98 Å². The molecule has 2 saturated heterocycles. The van der Waals surface area contributed by atoms with Crippen molar-refractivity contribution in [3.8, 4) is 0 Å². The Morgan fingerprint density at radius 3 is 3.04 bits per heavy atom. The third kappa shape index (κ3) is 3.38. The van der Waals surface area contributed by atoms with Crippen molar-refractivity contribution in [3.05, 3.63) is 35.2 Å². The van der Waals surface area contributed by atoms with Gasteiger partial charge in [0.1, 0.15) is 11.3 Å². The van der Waals surface area contributed by atoms with Gasteiger partial charge in [-0.05, 0) is 32.0 Å². The number of fused-ring (bicyclic) bond motifs is 1. The number of carbonyl (C=O) groups is 1. The van der Waals surface area contributed by atoms with Crippen LogP contribution in [0.3, 0.4) is 0 Å². The van der Waals surface area contributed by atoms with Gasteiger partial charge < -0.3 is 18.9 Å². The van der Waals surface area contributed by atoms with Crippen molar-refractivity contribution < 1.29 is 9.53 Å². The standard InChI is InChI=1S/C18H23ClN4O2/c1-21-7-8-25-13-18(11-21)5-2-6-22(12-18)17(24)15-10-23-9-14(19)3-4-16(23)20-15/h3-4,9-10H,2,5-8,11-13H2,1H3/t18-/m0/s1. The van der Waals surface area contributed by atoms with Crippen LogP contribution >= 0.6 is 11.6 Å². The average Bonchev–Trinajstić information content (AvgIpc) is 2.93. The molecule has 0 saturated carbocycles. The summed E-state index contributed by atoms with van der Waals surface area (Å²) in [6, 6.07) is 3.61. The van der Waals surface area contributed by atoms with E-state index < -0.39 is 0 Å². The van der Waals surface area contributed by atoms with Gasteiger partial charge >= 0.3 is 0 Å². The van der Waals surface area contributed by atoms with Gasteiger partial charge in [0.25, 0.3) is 5.91 Å². The quantitative estimate of drug-likeness (QED) is 0.780. The lowest BCUT2D eigenvalue weighted by Gasteiger charge is -2.43. The number of imidazole rings is 1. The summed E-state index contributed by atoms with van der Waals surface area (Å²) in [4.78, 5) is 21.7. The summed E-state index contributed by atoms with van der Waals surface area (Å²) in [6.07, 6.45) is 5.64. The number of rotatable bonds is 1. The Bertz CT molecular complexity index is 792. The van der Waals surface area contributed by atoms with Crippen LogP contribution < -0.4 is 0 Å². The number of hydrogen-bond acceptors (Lipinski definition) is 4. The van der Waals surface area contributed by atoms with Gasteiger partial charge in [-0.3, -0.25) is 4.79 Å². The summed E-state index contributed by atoms with van der Waals surface area (Å²) in [5.41, 5.74) is 1.24. The first kappa shape index (κ1) is 16.8. The molecule has 0 unspecified atom stereocenters. The van der Waals surface area contributed by atoms with Crippen molar-refractivity contribution in [1.29, 1.82) is 0 Å². The molecular weight excluding hydrogens is 340 g/mol. The molecule has 2 aromatic rings. The topological polar surface area (TPSA) is 50.1 Å². The van der Waals surface area contributed by atoms with E-state index in [1.165, 1.54) is 0 Å². The fraction of sp³-hybridized carbons (Fsp3) is 0.556. The van der Waals surface area contributed by atoms with Gasteiger partial charge in [0, 0.05) is 44.0 Å². The number of piperidine rings is 1. The first-order chi connectivity index (χ1) is 12.0. The first-order valence-electron chi connectivity index (χ1n) is 8.75. The van der Waals surface area contributed by atoms with Gasteiger partial charge in [-0.1, -0.05) is 11.6 Å². The van der Waals surface area contributed by atoms with E-state index in [2.05, 4.69) is 16.9 Å². The molecule has 2 aliphatic rings. The first-order valence-corrected chi connectivity index (χ1v) is 9.12. The number of nitrogens with zero attached hydrogens (tertiary/aromatic N) is 4. The van der Waals surface area contributed by atoms with Crippen molar-refractivity contribution >= 4 is 23.2 Å². The lowest BCUT2D eigenvalue weighted by atomic mass is 9.80. The van der Waals surface area contributed by atoms with Crippen LogP contribution in [0.5, 0.6) is 0 Å². The third-order valence-corrected chi connectivity index (χ3v) is 5.44. The number of halogens is 1. The second kappa shape index (κ2) is 6.59. The maximum absolute atomic E-state index is 13.0. The fourth-order valence-electron chi connectivity index (χ4n) is 4.06. The van der Waals surface area contributed by atoms with Crippen LogP contribution in [-0.2, 0) is 4.74 Å². The number of likely N-dealkylation sites (N-methyl/N-ethyl adjacent to an activating group) is 1. The highest BCUT2D eigenvalue weighted by Crippen LogP contribution is 2.33. The molecule has 0 aromatic carbocycles. The van der Waals surface area contributed by atoms with Gasteiger partial charge in [-0.15, -0.1) is 0 Å². The van der Waals surface area contributed by atoms with E-state index in [0.29, 0.717) is 10.7 Å². The minimum atomic E-state index is -0.00852. The number of ether oxygens (including phenoxy) is 1. The van der Waals surface area contributed by atoms with E-state index in [4.69, 9.17) is 16.3 Å². The van der Waals surface area contributed by atoms with Crippen LogP contribution in [0.15, 0.2) is 24.5 Å². The molecule has 2 aliphatic heterocycles. The summed E-state index contributed by atoms with van der Waals surface area (Å²) in [5.74, 6) is -0.00852. The molecule has 1 atom stereocenters. The molecule has 2 aromatic heterocycles. The summed E-state index contributed by atoms with van der Waals surface area (Å²) < 4.78 is 7.64. The van der Waals surface area contributed by atoms with Gasteiger partial charge in [-0.2, -0.15) is 0 Å². The third-order valence-electron chi connectivity index (χ3n) is 5.21. The zero-order chi connectivity index (χ0) is 17.4. The van der Waals surface area contributed by atoms with Crippen LogP contribution in [-0.4, -0.2) is 71.5 Å². The summed E-state index contributed by atoms with van der Waals surface area (Å²) in [7, 11) is 2.13. The van der Waals surface area contributed by atoms with Crippen molar-refractivity contribution in [1.82, 2.24) is 19.2 Å².